The van der Waals surface area contributed by atoms with Gasteiger partial charge in [-0.1, -0.05) is 42.5 Å². The fourth-order valence-corrected chi connectivity index (χ4v) is 4.10. The summed E-state index contributed by atoms with van der Waals surface area (Å²) in [6.07, 6.45) is 2.06. The number of nitrogens with one attached hydrogen (secondary N) is 2. The molecule has 2 aromatic carbocycles. The molecular formula is C24H34N2O5S. The van der Waals surface area contributed by atoms with Crippen molar-refractivity contribution in [3.8, 4) is 5.75 Å². The molecule has 0 saturated heterocycles. The van der Waals surface area contributed by atoms with Crippen LogP contribution in [0, 0.1) is 0 Å². The van der Waals surface area contributed by atoms with Gasteiger partial charge in [-0.2, -0.15) is 0 Å². The number of aliphatic hydroxyl groups excluding tert-OH is 1. The quantitative estimate of drug-likeness (QED) is 0.372. The van der Waals surface area contributed by atoms with E-state index in [4.69, 9.17) is 4.74 Å². The van der Waals surface area contributed by atoms with Crippen LogP contribution in [-0.4, -0.2) is 57.2 Å². The molecule has 1 amide bonds. The normalized spacial score (nSPS) is 13.3. The predicted octanol–water partition coefficient (Wildman–Crippen LogP) is 2.09. The predicted molar refractivity (Wildman–Crippen MR) is 126 cm³/mol. The van der Waals surface area contributed by atoms with Crippen LogP contribution in [0.4, 0.5) is 0 Å². The molecule has 0 saturated carbocycles. The number of amides is 1. The van der Waals surface area contributed by atoms with E-state index in [1.54, 1.807) is 7.11 Å². The molecule has 0 spiro atoms. The van der Waals surface area contributed by atoms with E-state index < -0.39 is 22.0 Å². The van der Waals surface area contributed by atoms with Crippen LogP contribution in [-0.2, 0) is 27.6 Å². The van der Waals surface area contributed by atoms with Gasteiger partial charge in [0.2, 0.25) is 5.91 Å². The molecule has 0 heterocycles. The lowest BCUT2D eigenvalue weighted by Gasteiger charge is -2.25. The minimum absolute atomic E-state index is 0.0739. The van der Waals surface area contributed by atoms with Gasteiger partial charge in [-0.05, 0) is 42.5 Å². The molecule has 0 aliphatic carbocycles. The van der Waals surface area contributed by atoms with E-state index in [-0.39, 0.29) is 18.1 Å². The number of hydrogen-bond acceptors (Lipinski definition) is 6. The van der Waals surface area contributed by atoms with Crippen LogP contribution in [0.25, 0.3) is 0 Å². The van der Waals surface area contributed by atoms with E-state index in [1.807, 2.05) is 54.6 Å². The van der Waals surface area contributed by atoms with Gasteiger partial charge in [-0.3, -0.25) is 4.79 Å². The van der Waals surface area contributed by atoms with Crippen molar-refractivity contribution in [2.24, 2.45) is 0 Å². The summed E-state index contributed by atoms with van der Waals surface area (Å²) in [5.74, 6) is 0.658. The van der Waals surface area contributed by atoms with Crippen molar-refractivity contribution in [3.05, 3.63) is 65.7 Å². The van der Waals surface area contributed by atoms with E-state index >= 15 is 0 Å². The van der Waals surface area contributed by atoms with Crippen LogP contribution in [0.5, 0.6) is 5.75 Å². The molecule has 0 unspecified atom stereocenters. The zero-order valence-electron chi connectivity index (χ0n) is 18.8. The summed E-state index contributed by atoms with van der Waals surface area (Å²) in [7, 11) is -1.41. The van der Waals surface area contributed by atoms with Gasteiger partial charge in [0.15, 0.2) is 0 Å². The number of carbonyl (C=O) groups excluding carboxylic acids is 1. The lowest BCUT2D eigenvalue weighted by atomic mass is 10.0. The number of sulfone groups is 1. The Balaban J connectivity index is 1.90. The lowest BCUT2D eigenvalue weighted by molar-refractivity contribution is -0.122. The molecule has 7 nitrogen and oxygen atoms in total. The zero-order chi connectivity index (χ0) is 23.4. The monoisotopic (exact) mass is 462 g/mol. The van der Waals surface area contributed by atoms with Crippen molar-refractivity contribution >= 4 is 15.7 Å². The number of hydrogen-bond donors (Lipinski definition) is 3. The molecular weight excluding hydrogens is 428 g/mol. The first-order valence-corrected chi connectivity index (χ1v) is 12.9. The summed E-state index contributed by atoms with van der Waals surface area (Å²) in [5.41, 5.74) is 2.05. The van der Waals surface area contributed by atoms with Crippen LogP contribution < -0.4 is 15.4 Å². The third kappa shape index (κ3) is 10.3. The summed E-state index contributed by atoms with van der Waals surface area (Å²) in [6, 6.07) is 16.9. The number of rotatable bonds is 14. The van der Waals surface area contributed by atoms with E-state index in [9.17, 15) is 18.3 Å². The van der Waals surface area contributed by atoms with Crippen LogP contribution in [0.2, 0.25) is 0 Å². The molecule has 0 bridgehead atoms. The number of ether oxygens (including phenoxy) is 1. The highest BCUT2D eigenvalue weighted by molar-refractivity contribution is 7.90. The van der Waals surface area contributed by atoms with Gasteiger partial charge in [-0.15, -0.1) is 0 Å². The first-order valence-electron chi connectivity index (χ1n) is 10.8. The maximum absolute atomic E-state index is 12.4. The minimum atomic E-state index is -3.02. The third-order valence-electron chi connectivity index (χ3n) is 5.10. The first kappa shape index (κ1) is 25.8. The van der Waals surface area contributed by atoms with Crippen LogP contribution >= 0.6 is 0 Å². The molecule has 0 aliphatic heterocycles. The van der Waals surface area contributed by atoms with Crippen molar-refractivity contribution in [2.75, 3.05) is 25.7 Å². The van der Waals surface area contributed by atoms with E-state index in [0.29, 0.717) is 32.4 Å². The van der Waals surface area contributed by atoms with Crippen molar-refractivity contribution in [2.45, 2.75) is 44.4 Å². The fraction of sp³-hybridized carbons (Fsp3) is 0.458. The van der Waals surface area contributed by atoms with Gasteiger partial charge in [0.05, 0.1) is 19.3 Å². The largest absolute Gasteiger partial charge is 0.497 e. The molecule has 2 rings (SSSR count). The van der Waals surface area contributed by atoms with Gasteiger partial charge >= 0.3 is 0 Å². The standard InChI is InChI=1S/C24H34N2O5S/c1-31-21-12-8-11-20(15-21)17-25-18-23(27)22(16-19-9-4-3-5-10-19)26-24(28)13-6-7-14-32(2,29)30/h3-5,8-12,15,22-23,25,27H,6-7,13-14,16-18H2,1-2H3,(H,26,28)/t22-,23+/m0/s1. The van der Waals surface area contributed by atoms with Crippen LogP contribution in [0.3, 0.4) is 0 Å². The number of methoxy groups -OCH3 is 1. The molecule has 32 heavy (non-hydrogen) atoms. The molecule has 8 heteroatoms. The number of unbranched alkanes of at least 4 members (excludes halogenated alkanes) is 1. The Morgan fingerprint density at radius 1 is 1.06 bits per heavy atom. The molecule has 0 aromatic heterocycles. The lowest BCUT2D eigenvalue weighted by Crippen LogP contribution is -2.48. The van der Waals surface area contributed by atoms with Crippen molar-refractivity contribution in [3.63, 3.8) is 0 Å². The molecule has 2 atom stereocenters. The van der Waals surface area contributed by atoms with E-state index in [1.165, 1.54) is 6.26 Å². The molecule has 0 aliphatic rings. The highest BCUT2D eigenvalue weighted by atomic mass is 32.2. The third-order valence-corrected chi connectivity index (χ3v) is 6.13. The van der Waals surface area contributed by atoms with Crippen molar-refractivity contribution < 1.29 is 23.1 Å². The van der Waals surface area contributed by atoms with E-state index in [0.717, 1.165) is 16.9 Å². The van der Waals surface area contributed by atoms with Gasteiger partial charge in [-0.25, -0.2) is 8.42 Å². The topological polar surface area (TPSA) is 105 Å². The summed E-state index contributed by atoms with van der Waals surface area (Å²) in [4.78, 5) is 12.4. The summed E-state index contributed by atoms with van der Waals surface area (Å²) < 4.78 is 27.7. The Morgan fingerprint density at radius 3 is 2.47 bits per heavy atom. The second-order valence-corrected chi connectivity index (χ2v) is 10.3. The highest BCUT2D eigenvalue weighted by Crippen LogP contribution is 2.12. The Hall–Kier alpha value is -2.42. The molecule has 176 valence electrons. The Kier molecular flexibility index (Phi) is 10.7. The van der Waals surface area contributed by atoms with Crippen LogP contribution in [0.1, 0.15) is 30.4 Å². The summed E-state index contributed by atoms with van der Waals surface area (Å²) in [5, 5.41) is 17.0. The maximum Gasteiger partial charge on any atom is 0.220 e. The molecule has 2 aromatic rings. The number of carbonyl (C=O) groups is 1. The highest BCUT2D eigenvalue weighted by Gasteiger charge is 2.21. The van der Waals surface area contributed by atoms with E-state index in [2.05, 4.69) is 10.6 Å². The summed E-state index contributed by atoms with van der Waals surface area (Å²) >= 11 is 0. The second-order valence-electron chi connectivity index (χ2n) is 8.00. The Bertz CT molecular complexity index is 934. The molecule has 3 N–H and O–H groups in total. The first-order chi connectivity index (χ1) is 15.3. The molecule has 0 radical (unpaired) electrons. The SMILES string of the molecule is COc1cccc(CNC[C@@H](O)[C@H](Cc2ccccc2)NC(=O)CCCCS(C)(=O)=O)c1. The fourth-order valence-electron chi connectivity index (χ4n) is 3.37. The van der Waals surface area contributed by atoms with Gasteiger partial charge in [0.1, 0.15) is 15.6 Å². The average molecular weight is 463 g/mol. The van der Waals surface area contributed by atoms with Gasteiger partial charge < -0.3 is 20.5 Å². The maximum atomic E-state index is 12.4. The summed E-state index contributed by atoms with van der Waals surface area (Å²) in [6.45, 7) is 0.870. The van der Waals surface area contributed by atoms with Crippen molar-refractivity contribution in [1.82, 2.24) is 10.6 Å². The smallest absolute Gasteiger partial charge is 0.220 e. The van der Waals surface area contributed by atoms with Crippen molar-refractivity contribution in [1.29, 1.82) is 0 Å². The van der Waals surface area contributed by atoms with Gasteiger partial charge in [0.25, 0.3) is 0 Å². The average Bonchev–Trinajstić information content (AvgIpc) is 2.76. The number of benzene rings is 2. The number of aliphatic hydroxyl groups is 1. The van der Waals surface area contributed by atoms with Gasteiger partial charge in [0, 0.05) is 31.5 Å². The Morgan fingerprint density at radius 2 is 1.78 bits per heavy atom. The second kappa shape index (κ2) is 13.2. The zero-order valence-corrected chi connectivity index (χ0v) is 19.6. The Labute approximate surface area is 191 Å². The molecule has 0 fully saturated rings. The van der Waals surface area contributed by atoms with Crippen LogP contribution in [0.15, 0.2) is 54.6 Å². The minimum Gasteiger partial charge on any atom is -0.497 e.